The number of halogens is 1. The zero-order chi connectivity index (χ0) is 12.0. The van der Waals surface area contributed by atoms with Crippen molar-refractivity contribution in [2.45, 2.75) is 26.0 Å². The number of hydrogen-bond acceptors (Lipinski definition) is 4. The maximum Gasteiger partial charge on any atom is 0.236 e. The SMILES string of the molecule is COCCNCC(=O)N1CCOC(C)C1C.Cl. The predicted octanol–water partition coefficient (Wildman–Crippen LogP) is 0.280. The largest absolute Gasteiger partial charge is 0.383 e. The Kier molecular flexibility index (Phi) is 8.51. The molecule has 0 aromatic rings. The van der Waals surface area contributed by atoms with Crippen LogP contribution in [0.4, 0.5) is 0 Å². The molecule has 0 aliphatic carbocycles. The van der Waals surface area contributed by atoms with Crippen molar-refractivity contribution in [1.29, 1.82) is 0 Å². The van der Waals surface area contributed by atoms with E-state index in [1.165, 1.54) is 0 Å². The molecular weight excluding hydrogens is 244 g/mol. The highest BCUT2D eigenvalue weighted by Crippen LogP contribution is 2.12. The molecule has 0 aromatic carbocycles. The molecule has 17 heavy (non-hydrogen) atoms. The summed E-state index contributed by atoms with van der Waals surface area (Å²) in [6.07, 6.45) is 0.122. The fourth-order valence-corrected chi connectivity index (χ4v) is 1.76. The molecule has 1 amide bonds. The molecule has 6 heteroatoms. The van der Waals surface area contributed by atoms with Gasteiger partial charge in [0.15, 0.2) is 0 Å². The molecule has 0 spiro atoms. The van der Waals surface area contributed by atoms with E-state index in [1.807, 2.05) is 18.7 Å². The second-order valence-corrected chi connectivity index (χ2v) is 4.07. The van der Waals surface area contributed by atoms with E-state index < -0.39 is 0 Å². The maximum absolute atomic E-state index is 11.9. The van der Waals surface area contributed by atoms with Crippen LogP contribution in [0.15, 0.2) is 0 Å². The molecule has 1 saturated heterocycles. The van der Waals surface area contributed by atoms with Crippen LogP contribution in [0.2, 0.25) is 0 Å². The summed E-state index contributed by atoms with van der Waals surface area (Å²) in [6.45, 7) is 7.06. The monoisotopic (exact) mass is 266 g/mol. The van der Waals surface area contributed by atoms with Crippen molar-refractivity contribution in [3.8, 4) is 0 Å². The summed E-state index contributed by atoms with van der Waals surface area (Å²) in [5.74, 6) is 0.138. The first-order chi connectivity index (χ1) is 7.66. The molecule has 1 heterocycles. The van der Waals surface area contributed by atoms with Gasteiger partial charge >= 0.3 is 0 Å². The number of methoxy groups -OCH3 is 1. The summed E-state index contributed by atoms with van der Waals surface area (Å²) in [5.41, 5.74) is 0. The molecule has 2 atom stereocenters. The molecule has 1 fully saturated rings. The van der Waals surface area contributed by atoms with Crippen LogP contribution in [0.25, 0.3) is 0 Å². The number of carbonyl (C=O) groups excluding carboxylic acids is 1. The topological polar surface area (TPSA) is 50.8 Å². The van der Waals surface area contributed by atoms with Gasteiger partial charge in [0.1, 0.15) is 0 Å². The molecule has 1 aliphatic rings. The van der Waals surface area contributed by atoms with Crippen LogP contribution in [0, 0.1) is 0 Å². The van der Waals surface area contributed by atoms with Crippen LogP contribution in [0.1, 0.15) is 13.8 Å². The highest BCUT2D eigenvalue weighted by atomic mass is 35.5. The van der Waals surface area contributed by atoms with Gasteiger partial charge < -0.3 is 19.7 Å². The van der Waals surface area contributed by atoms with Crippen LogP contribution in [-0.4, -0.2) is 62.9 Å². The van der Waals surface area contributed by atoms with E-state index in [-0.39, 0.29) is 30.5 Å². The standard InChI is InChI=1S/C11H22N2O3.ClH/c1-9-10(2)16-7-5-13(9)11(14)8-12-4-6-15-3;/h9-10,12H,4-8H2,1-3H3;1H. The van der Waals surface area contributed by atoms with Crippen molar-refractivity contribution < 1.29 is 14.3 Å². The second-order valence-electron chi connectivity index (χ2n) is 4.07. The van der Waals surface area contributed by atoms with Gasteiger partial charge in [-0.3, -0.25) is 4.79 Å². The molecule has 1 N–H and O–H groups in total. The minimum absolute atomic E-state index is 0. The van der Waals surface area contributed by atoms with Gasteiger partial charge in [0.25, 0.3) is 0 Å². The smallest absolute Gasteiger partial charge is 0.236 e. The Morgan fingerprint density at radius 1 is 1.53 bits per heavy atom. The van der Waals surface area contributed by atoms with Crippen molar-refractivity contribution in [2.75, 3.05) is 40.0 Å². The van der Waals surface area contributed by atoms with E-state index >= 15 is 0 Å². The summed E-state index contributed by atoms with van der Waals surface area (Å²) in [5, 5.41) is 3.06. The number of nitrogens with zero attached hydrogens (tertiary/aromatic N) is 1. The van der Waals surface area contributed by atoms with E-state index in [0.717, 1.165) is 0 Å². The average Bonchev–Trinajstić information content (AvgIpc) is 2.28. The first-order valence-electron chi connectivity index (χ1n) is 5.77. The van der Waals surface area contributed by atoms with Gasteiger partial charge in [-0.25, -0.2) is 0 Å². The predicted molar refractivity (Wildman–Crippen MR) is 68.6 cm³/mol. The lowest BCUT2D eigenvalue weighted by Gasteiger charge is -2.37. The minimum Gasteiger partial charge on any atom is -0.383 e. The Bertz CT molecular complexity index is 229. The van der Waals surface area contributed by atoms with Crippen molar-refractivity contribution in [2.24, 2.45) is 0 Å². The van der Waals surface area contributed by atoms with Gasteiger partial charge in [0, 0.05) is 20.2 Å². The van der Waals surface area contributed by atoms with Gasteiger partial charge in [0.05, 0.1) is 31.9 Å². The second kappa shape index (κ2) is 8.69. The summed E-state index contributed by atoms with van der Waals surface area (Å²) in [6, 6.07) is 0.158. The van der Waals surface area contributed by atoms with E-state index in [2.05, 4.69) is 5.32 Å². The maximum atomic E-state index is 11.9. The quantitative estimate of drug-likeness (QED) is 0.727. The van der Waals surface area contributed by atoms with Crippen molar-refractivity contribution in [1.82, 2.24) is 10.2 Å². The van der Waals surface area contributed by atoms with Gasteiger partial charge in [-0.2, -0.15) is 0 Å². The van der Waals surface area contributed by atoms with Crippen molar-refractivity contribution in [3.05, 3.63) is 0 Å². The summed E-state index contributed by atoms with van der Waals surface area (Å²) < 4.78 is 10.4. The number of hydrogen-bond donors (Lipinski definition) is 1. The molecule has 0 aromatic heterocycles. The van der Waals surface area contributed by atoms with Gasteiger partial charge in [-0.05, 0) is 13.8 Å². The van der Waals surface area contributed by atoms with Crippen LogP contribution in [-0.2, 0) is 14.3 Å². The van der Waals surface area contributed by atoms with Crippen molar-refractivity contribution in [3.63, 3.8) is 0 Å². The molecule has 0 bridgehead atoms. The molecular formula is C11H23ClN2O3. The molecule has 0 saturated carbocycles. The Balaban J connectivity index is 0.00000256. The minimum atomic E-state index is 0. The molecule has 2 unspecified atom stereocenters. The lowest BCUT2D eigenvalue weighted by atomic mass is 10.1. The normalized spacial score (nSPS) is 24.3. The number of amides is 1. The molecule has 1 rings (SSSR count). The Hall–Kier alpha value is -0.360. The highest BCUT2D eigenvalue weighted by molar-refractivity contribution is 5.85. The van der Waals surface area contributed by atoms with Crippen LogP contribution in [0.5, 0.6) is 0 Å². The summed E-state index contributed by atoms with van der Waals surface area (Å²) >= 11 is 0. The number of rotatable bonds is 5. The third-order valence-electron chi connectivity index (χ3n) is 2.96. The van der Waals surface area contributed by atoms with Gasteiger partial charge in [-0.15, -0.1) is 12.4 Å². The first kappa shape index (κ1) is 16.6. The summed E-state index contributed by atoms with van der Waals surface area (Å²) in [7, 11) is 1.65. The highest BCUT2D eigenvalue weighted by Gasteiger charge is 2.28. The molecule has 5 nitrogen and oxygen atoms in total. The zero-order valence-electron chi connectivity index (χ0n) is 10.8. The summed E-state index contributed by atoms with van der Waals surface area (Å²) in [4.78, 5) is 13.8. The lowest BCUT2D eigenvalue weighted by Crippen LogP contribution is -2.53. The van der Waals surface area contributed by atoms with Gasteiger partial charge in [0.2, 0.25) is 5.91 Å². The van der Waals surface area contributed by atoms with Crippen LogP contribution < -0.4 is 5.32 Å². The third kappa shape index (κ3) is 5.21. The Morgan fingerprint density at radius 3 is 2.88 bits per heavy atom. The Labute approximate surface area is 109 Å². The van der Waals surface area contributed by atoms with E-state index in [1.54, 1.807) is 7.11 Å². The van der Waals surface area contributed by atoms with Crippen LogP contribution >= 0.6 is 12.4 Å². The van der Waals surface area contributed by atoms with E-state index in [0.29, 0.717) is 32.8 Å². The number of nitrogens with one attached hydrogen (secondary N) is 1. The van der Waals surface area contributed by atoms with Crippen molar-refractivity contribution >= 4 is 18.3 Å². The molecule has 0 radical (unpaired) electrons. The lowest BCUT2D eigenvalue weighted by molar-refractivity contribution is -0.143. The van der Waals surface area contributed by atoms with Gasteiger partial charge in [-0.1, -0.05) is 0 Å². The van der Waals surface area contributed by atoms with E-state index in [4.69, 9.17) is 9.47 Å². The zero-order valence-corrected chi connectivity index (χ0v) is 11.6. The van der Waals surface area contributed by atoms with Crippen LogP contribution in [0.3, 0.4) is 0 Å². The number of ether oxygens (including phenoxy) is 2. The molecule has 1 aliphatic heterocycles. The third-order valence-corrected chi connectivity index (χ3v) is 2.96. The Morgan fingerprint density at radius 2 is 2.24 bits per heavy atom. The fourth-order valence-electron chi connectivity index (χ4n) is 1.76. The number of morpholine rings is 1. The average molecular weight is 267 g/mol. The number of carbonyl (C=O) groups is 1. The molecule has 102 valence electrons. The first-order valence-corrected chi connectivity index (χ1v) is 5.77. The fraction of sp³-hybridized carbons (Fsp3) is 0.909. The van der Waals surface area contributed by atoms with E-state index in [9.17, 15) is 4.79 Å².